The van der Waals surface area contributed by atoms with Gasteiger partial charge in [0.15, 0.2) is 0 Å². The summed E-state index contributed by atoms with van der Waals surface area (Å²) in [5.41, 5.74) is -0.839. The van der Waals surface area contributed by atoms with Crippen molar-refractivity contribution in [3.8, 4) is 0 Å². The zero-order valence-corrected chi connectivity index (χ0v) is 9.42. The van der Waals surface area contributed by atoms with E-state index in [1.165, 1.54) is 10.4 Å². The molecule has 1 heterocycles. The first-order valence-electron chi connectivity index (χ1n) is 4.63. The number of sulfonamides is 1. The molecule has 14 heavy (non-hydrogen) atoms. The highest BCUT2D eigenvalue weighted by atomic mass is 32.2. The van der Waals surface area contributed by atoms with E-state index in [-0.39, 0.29) is 24.8 Å². The van der Waals surface area contributed by atoms with Crippen molar-refractivity contribution in [2.75, 3.05) is 18.8 Å². The summed E-state index contributed by atoms with van der Waals surface area (Å²) >= 11 is 0. The maximum Gasteiger partial charge on any atom is 0.217 e. The Kier molecular flexibility index (Phi) is 3.04. The monoisotopic (exact) mass is 219 g/mol. The van der Waals surface area contributed by atoms with Gasteiger partial charge >= 0.3 is 0 Å². The van der Waals surface area contributed by atoms with Crippen LogP contribution in [0.3, 0.4) is 0 Å². The van der Waals surface area contributed by atoms with Crippen molar-refractivity contribution in [3.05, 3.63) is 12.7 Å². The number of hydrogen-bond acceptors (Lipinski definition) is 3. The third kappa shape index (κ3) is 1.99. The summed E-state index contributed by atoms with van der Waals surface area (Å²) in [5, 5.41) is 9.86. The molecule has 0 aromatic rings. The average molecular weight is 219 g/mol. The van der Waals surface area contributed by atoms with Gasteiger partial charge in [-0.05, 0) is 5.92 Å². The largest absolute Gasteiger partial charge is 0.387 e. The lowest BCUT2D eigenvalue weighted by molar-refractivity contribution is -0.0931. The van der Waals surface area contributed by atoms with Crippen LogP contribution in [0.2, 0.25) is 0 Å². The molecule has 82 valence electrons. The van der Waals surface area contributed by atoms with Crippen molar-refractivity contribution in [3.63, 3.8) is 0 Å². The van der Waals surface area contributed by atoms with Gasteiger partial charge in [0.05, 0.1) is 11.4 Å². The molecule has 0 atom stereocenters. The molecule has 1 aliphatic rings. The van der Waals surface area contributed by atoms with Gasteiger partial charge in [0.2, 0.25) is 10.0 Å². The molecule has 0 aliphatic carbocycles. The summed E-state index contributed by atoms with van der Waals surface area (Å²) in [4.78, 5) is 0. The maximum absolute atomic E-state index is 11.5. The van der Waals surface area contributed by atoms with Crippen LogP contribution >= 0.6 is 0 Å². The standard InChI is InChI=1S/C9H17NO3S/c1-4-5-14(12,13)10-6-9(11,7-10)8(2)3/h4,8,11H,1,5-7H2,2-3H3. The molecule has 1 fully saturated rings. The summed E-state index contributed by atoms with van der Waals surface area (Å²) in [6.45, 7) is 7.58. The second-order valence-corrected chi connectivity index (χ2v) is 6.11. The highest BCUT2D eigenvalue weighted by Crippen LogP contribution is 2.30. The highest BCUT2D eigenvalue weighted by molar-refractivity contribution is 7.89. The summed E-state index contributed by atoms with van der Waals surface area (Å²) in [6.07, 6.45) is 1.36. The zero-order valence-electron chi connectivity index (χ0n) is 8.60. The van der Waals surface area contributed by atoms with E-state index in [2.05, 4.69) is 6.58 Å². The first kappa shape index (κ1) is 11.7. The minimum atomic E-state index is -3.22. The van der Waals surface area contributed by atoms with Gasteiger partial charge in [0, 0.05) is 13.1 Å². The van der Waals surface area contributed by atoms with Crippen molar-refractivity contribution in [1.82, 2.24) is 4.31 Å². The minimum Gasteiger partial charge on any atom is -0.387 e. The predicted octanol–water partition coefficient (Wildman–Crippen LogP) is 0.205. The van der Waals surface area contributed by atoms with Crippen LogP contribution in [-0.2, 0) is 10.0 Å². The van der Waals surface area contributed by atoms with E-state index in [1.54, 1.807) is 0 Å². The van der Waals surface area contributed by atoms with Crippen molar-refractivity contribution in [2.24, 2.45) is 5.92 Å². The molecular formula is C9H17NO3S. The molecule has 1 aliphatic heterocycles. The van der Waals surface area contributed by atoms with E-state index in [0.29, 0.717) is 0 Å². The van der Waals surface area contributed by atoms with Gasteiger partial charge in [-0.2, -0.15) is 4.31 Å². The summed E-state index contributed by atoms with van der Waals surface area (Å²) in [6, 6.07) is 0. The fourth-order valence-electron chi connectivity index (χ4n) is 1.38. The summed E-state index contributed by atoms with van der Waals surface area (Å²) in [5.74, 6) is 0.0268. The molecule has 1 rings (SSSR count). The molecule has 0 aromatic heterocycles. The Morgan fingerprint density at radius 2 is 2.07 bits per heavy atom. The van der Waals surface area contributed by atoms with E-state index in [1.807, 2.05) is 13.8 Å². The lowest BCUT2D eigenvalue weighted by atomic mass is 9.85. The number of aliphatic hydroxyl groups is 1. The first-order valence-corrected chi connectivity index (χ1v) is 6.24. The van der Waals surface area contributed by atoms with E-state index >= 15 is 0 Å². The number of β-amino-alcohol motifs (C(OH)–C–C–N with tert-alkyl or cyclic N) is 1. The van der Waals surface area contributed by atoms with Gasteiger partial charge in [0.25, 0.3) is 0 Å². The molecule has 0 amide bonds. The van der Waals surface area contributed by atoms with Crippen molar-refractivity contribution >= 4 is 10.0 Å². The smallest absolute Gasteiger partial charge is 0.217 e. The van der Waals surface area contributed by atoms with Gasteiger partial charge in [-0.1, -0.05) is 19.9 Å². The Labute approximate surface area is 85.3 Å². The third-order valence-corrected chi connectivity index (χ3v) is 4.40. The SMILES string of the molecule is C=CCS(=O)(=O)N1CC(O)(C(C)C)C1. The third-order valence-electron chi connectivity index (χ3n) is 2.70. The zero-order chi connectivity index (χ0) is 11.0. The molecule has 0 radical (unpaired) electrons. The van der Waals surface area contributed by atoms with Crippen LogP contribution < -0.4 is 0 Å². The van der Waals surface area contributed by atoms with E-state index in [0.717, 1.165) is 0 Å². The van der Waals surface area contributed by atoms with Crippen LogP contribution in [0.25, 0.3) is 0 Å². The van der Waals surface area contributed by atoms with Crippen LogP contribution in [-0.4, -0.2) is 42.3 Å². The highest BCUT2D eigenvalue weighted by Gasteiger charge is 2.48. The molecule has 1 N–H and O–H groups in total. The van der Waals surface area contributed by atoms with Gasteiger partial charge in [0.1, 0.15) is 0 Å². The molecule has 1 saturated heterocycles. The average Bonchev–Trinajstić information content (AvgIpc) is 1.97. The quantitative estimate of drug-likeness (QED) is 0.687. The summed E-state index contributed by atoms with van der Waals surface area (Å²) < 4.78 is 24.2. The molecule has 0 aromatic carbocycles. The second kappa shape index (κ2) is 3.64. The van der Waals surface area contributed by atoms with Crippen LogP contribution in [0.15, 0.2) is 12.7 Å². The Bertz CT molecular complexity index is 315. The van der Waals surface area contributed by atoms with Gasteiger partial charge in [-0.15, -0.1) is 6.58 Å². The van der Waals surface area contributed by atoms with Crippen LogP contribution in [0.4, 0.5) is 0 Å². The van der Waals surface area contributed by atoms with Gasteiger partial charge in [-0.25, -0.2) is 8.42 Å². The molecule has 0 spiro atoms. The first-order chi connectivity index (χ1) is 6.32. The molecule has 4 nitrogen and oxygen atoms in total. The van der Waals surface area contributed by atoms with Crippen LogP contribution in [0.5, 0.6) is 0 Å². The van der Waals surface area contributed by atoms with Crippen molar-refractivity contribution < 1.29 is 13.5 Å². The Morgan fingerprint density at radius 3 is 2.43 bits per heavy atom. The maximum atomic E-state index is 11.5. The normalized spacial score (nSPS) is 22.0. The Balaban J connectivity index is 2.61. The van der Waals surface area contributed by atoms with Gasteiger partial charge in [-0.3, -0.25) is 0 Å². The minimum absolute atomic E-state index is 0.0544. The Hall–Kier alpha value is -0.390. The fraction of sp³-hybridized carbons (Fsp3) is 0.778. The fourth-order valence-corrected chi connectivity index (χ4v) is 2.73. The van der Waals surface area contributed by atoms with Crippen LogP contribution in [0.1, 0.15) is 13.8 Å². The number of nitrogens with zero attached hydrogens (tertiary/aromatic N) is 1. The molecular weight excluding hydrogens is 202 g/mol. The number of rotatable bonds is 4. The lowest BCUT2D eigenvalue weighted by Crippen LogP contribution is -2.66. The molecule has 0 saturated carbocycles. The lowest BCUT2D eigenvalue weighted by Gasteiger charge is -2.47. The Morgan fingerprint density at radius 1 is 1.57 bits per heavy atom. The topological polar surface area (TPSA) is 57.6 Å². The van der Waals surface area contributed by atoms with Crippen molar-refractivity contribution in [2.45, 2.75) is 19.4 Å². The second-order valence-electron chi connectivity index (χ2n) is 4.09. The number of hydrogen-bond donors (Lipinski definition) is 1. The van der Waals surface area contributed by atoms with Crippen molar-refractivity contribution in [1.29, 1.82) is 0 Å². The van der Waals surface area contributed by atoms with Gasteiger partial charge < -0.3 is 5.11 Å². The molecule has 0 bridgehead atoms. The predicted molar refractivity (Wildman–Crippen MR) is 55.3 cm³/mol. The molecule has 0 unspecified atom stereocenters. The van der Waals surface area contributed by atoms with E-state index in [4.69, 9.17) is 0 Å². The van der Waals surface area contributed by atoms with Crippen LogP contribution in [0, 0.1) is 5.92 Å². The van der Waals surface area contributed by atoms with E-state index < -0.39 is 15.6 Å². The van der Waals surface area contributed by atoms with E-state index in [9.17, 15) is 13.5 Å². The molecule has 5 heteroatoms. The summed E-state index contributed by atoms with van der Waals surface area (Å²) in [7, 11) is -3.22.